The van der Waals surface area contributed by atoms with Crippen molar-refractivity contribution in [3.63, 3.8) is 0 Å². The molecule has 0 atom stereocenters. The maximum atomic E-state index is 13.4. The summed E-state index contributed by atoms with van der Waals surface area (Å²) < 4.78 is 32.1. The minimum atomic E-state index is -0.961. The van der Waals surface area contributed by atoms with Gasteiger partial charge in [-0.15, -0.1) is 0 Å². The number of hydrogen-bond donors (Lipinski definition) is 3. The lowest BCUT2D eigenvalue weighted by Crippen LogP contribution is -2.05. The summed E-state index contributed by atoms with van der Waals surface area (Å²) in [5.41, 5.74) is 7.45. The minimum Gasteiger partial charge on any atom is -0.494 e. The number of nitrogen functional groups attached to an aromatic ring is 1. The van der Waals surface area contributed by atoms with Crippen LogP contribution in [0.4, 0.5) is 37.5 Å². The number of aromatic nitrogens is 2. The van der Waals surface area contributed by atoms with Gasteiger partial charge in [0, 0.05) is 17.4 Å². The van der Waals surface area contributed by atoms with Crippen molar-refractivity contribution in [2.24, 2.45) is 0 Å². The second-order valence-corrected chi connectivity index (χ2v) is 6.09. The van der Waals surface area contributed by atoms with E-state index < -0.39 is 11.6 Å². The second-order valence-electron chi connectivity index (χ2n) is 6.09. The zero-order valence-corrected chi connectivity index (χ0v) is 15.4. The molecule has 0 fully saturated rings. The molecule has 0 spiro atoms. The van der Waals surface area contributed by atoms with Crippen molar-refractivity contribution in [1.82, 2.24) is 9.97 Å². The molecule has 0 aliphatic heterocycles. The molecule has 4 N–H and O–H groups in total. The molecule has 8 heteroatoms. The van der Waals surface area contributed by atoms with Crippen molar-refractivity contribution in [2.75, 3.05) is 23.0 Å². The van der Waals surface area contributed by atoms with E-state index in [1.54, 1.807) is 0 Å². The number of ether oxygens (including phenoxy) is 1. The largest absolute Gasteiger partial charge is 0.494 e. The fourth-order valence-electron chi connectivity index (χ4n) is 2.41. The molecule has 6 nitrogen and oxygen atoms in total. The Morgan fingerprint density at radius 3 is 2.21 bits per heavy atom. The summed E-state index contributed by atoms with van der Waals surface area (Å²) in [6.07, 6.45) is 3.40. The molecule has 146 valence electrons. The average molecular weight is 385 g/mol. The normalized spacial score (nSPS) is 10.5. The first-order valence-corrected chi connectivity index (χ1v) is 8.89. The first-order valence-electron chi connectivity index (χ1n) is 8.89. The van der Waals surface area contributed by atoms with Crippen molar-refractivity contribution in [3.8, 4) is 5.75 Å². The fraction of sp³-hybridized carbons (Fsp3) is 0.200. The zero-order chi connectivity index (χ0) is 19.9. The van der Waals surface area contributed by atoms with Crippen molar-refractivity contribution in [2.45, 2.75) is 19.8 Å². The van der Waals surface area contributed by atoms with E-state index in [1.165, 1.54) is 12.4 Å². The van der Waals surface area contributed by atoms with Gasteiger partial charge in [-0.25, -0.2) is 18.7 Å². The standard InChI is InChI=1S/C20H21F2N5O/c1-2-3-10-28-15-7-4-13(5-8-15)26-19-18(23)20(25-12-24-19)27-14-6-9-16(21)17(22)11-14/h4-9,11-12H,2-3,10,23H2,1H3,(H2,24,25,26,27). The molecule has 3 aromatic rings. The Kier molecular flexibility index (Phi) is 6.21. The van der Waals surface area contributed by atoms with Crippen molar-refractivity contribution in [3.05, 3.63) is 60.4 Å². The molecule has 1 heterocycles. The molecule has 0 aliphatic carbocycles. The zero-order valence-electron chi connectivity index (χ0n) is 15.4. The summed E-state index contributed by atoms with van der Waals surface area (Å²) in [4.78, 5) is 8.20. The fourth-order valence-corrected chi connectivity index (χ4v) is 2.41. The topological polar surface area (TPSA) is 85.1 Å². The van der Waals surface area contributed by atoms with Crippen LogP contribution >= 0.6 is 0 Å². The Morgan fingerprint density at radius 2 is 1.57 bits per heavy atom. The lowest BCUT2D eigenvalue weighted by molar-refractivity contribution is 0.309. The van der Waals surface area contributed by atoms with Crippen LogP contribution in [0.1, 0.15) is 19.8 Å². The maximum absolute atomic E-state index is 13.4. The molecular formula is C20H21F2N5O. The first kappa shape index (κ1) is 19.3. The Bertz CT molecular complexity index is 934. The number of rotatable bonds is 8. The van der Waals surface area contributed by atoms with Crippen LogP contribution in [0.25, 0.3) is 0 Å². The van der Waals surface area contributed by atoms with Crippen LogP contribution in [0.15, 0.2) is 48.8 Å². The molecule has 0 unspecified atom stereocenters. The van der Waals surface area contributed by atoms with Crippen LogP contribution < -0.4 is 21.1 Å². The highest BCUT2D eigenvalue weighted by Gasteiger charge is 2.10. The Labute approximate surface area is 161 Å². The van der Waals surface area contributed by atoms with Gasteiger partial charge in [0.15, 0.2) is 23.3 Å². The number of anilines is 5. The highest BCUT2D eigenvalue weighted by atomic mass is 19.2. The van der Waals surface area contributed by atoms with E-state index in [2.05, 4.69) is 27.5 Å². The molecule has 1 aromatic heterocycles. The number of nitrogens with one attached hydrogen (secondary N) is 2. The summed E-state index contributed by atoms with van der Waals surface area (Å²) in [7, 11) is 0. The second kappa shape index (κ2) is 8.98. The Balaban J connectivity index is 1.71. The summed E-state index contributed by atoms with van der Waals surface area (Å²) >= 11 is 0. The molecule has 0 saturated heterocycles. The van der Waals surface area contributed by atoms with Crippen molar-refractivity contribution >= 4 is 28.7 Å². The highest BCUT2D eigenvalue weighted by Crippen LogP contribution is 2.29. The van der Waals surface area contributed by atoms with E-state index in [-0.39, 0.29) is 11.5 Å². The SMILES string of the molecule is CCCCOc1ccc(Nc2ncnc(Nc3ccc(F)c(F)c3)c2N)cc1. The number of nitrogens with two attached hydrogens (primary N) is 1. The molecular weight excluding hydrogens is 364 g/mol. The van der Waals surface area contributed by atoms with Crippen LogP contribution in [0.3, 0.4) is 0 Å². The van der Waals surface area contributed by atoms with Crippen LogP contribution in [-0.2, 0) is 0 Å². The third kappa shape index (κ3) is 4.85. The minimum absolute atomic E-state index is 0.246. The Hall–Kier alpha value is -3.42. The molecule has 3 rings (SSSR count). The molecule has 0 aliphatic rings. The van der Waals surface area contributed by atoms with Gasteiger partial charge in [0.05, 0.1) is 6.61 Å². The van der Waals surface area contributed by atoms with Crippen LogP contribution in [-0.4, -0.2) is 16.6 Å². The van der Waals surface area contributed by atoms with E-state index in [0.717, 1.165) is 36.4 Å². The van der Waals surface area contributed by atoms with Gasteiger partial charge in [0.2, 0.25) is 0 Å². The van der Waals surface area contributed by atoms with Crippen LogP contribution in [0.5, 0.6) is 5.75 Å². The molecule has 28 heavy (non-hydrogen) atoms. The van der Waals surface area contributed by atoms with Gasteiger partial charge in [-0.05, 0) is 42.8 Å². The van der Waals surface area contributed by atoms with Crippen molar-refractivity contribution in [1.29, 1.82) is 0 Å². The van der Waals surface area contributed by atoms with Crippen LogP contribution in [0, 0.1) is 11.6 Å². The number of hydrogen-bond acceptors (Lipinski definition) is 6. The molecule has 0 saturated carbocycles. The molecule has 2 aromatic carbocycles. The summed E-state index contributed by atoms with van der Waals surface area (Å²) in [5, 5.41) is 5.97. The van der Waals surface area contributed by atoms with Gasteiger partial charge >= 0.3 is 0 Å². The average Bonchev–Trinajstić information content (AvgIpc) is 2.69. The van der Waals surface area contributed by atoms with Crippen LogP contribution in [0.2, 0.25) is 0 Å². The number of halogens is 2. The number of benzene rings is 2. The predicted octanol–water partition coefficient (Wildman–Crippen LogP) is 5.00. The smallest absolute Gasteiger partial charge is 0.160 e. The van der Waals surface area contributed by atoms with E-state index >= 15 is 0 Å². The Morgan fingerprint density at radius 1 is 0.929 bits per heavy atom. The summed E-state index contributed by atoms with van der Waals surface area (Å²) in [5.74, 6) is -0.430. The number of unbranched alkanes of at least 4 members (excludes halogenated alkanes) is 1. The van der Waals surface area contributed by atoms with E-state index in [1.807, 2.05) is 24.3 Å². The van der Waals surface area contributed by atoms with Gasteiger partial charge < -0.3 is 21.1 Å². The highest BCUT2D eigenvalue weighted by molar-refractivity contribution is 5.80. The van der Waals surface area contributed by atoms with Gasteiger partial charge in [-0.1, -0.05) is 13.3 Å². The van der Waals surface area contributed by atoms with Gasteiger partial charge in [0.1, 0.15) is 17.8 Å². The van der Waals surface area contributed by atoms with E-state index in [9.17, 15) is 8.78 Å². The quantitative estimate of drug-likeness (QED) is 0.473. The predicted molar refractivity (Wildman–Crippen MR) is 106 cm³/mol. The summed E-state index contributed by atoms with van der Waals surface area (Å²) in [6.45, 7) is 2.79. The molecule has 0 amide bonds. The third-order valence-corrected chi connectivity index (χ3v) is 3.95. The molecule has 0 radical (unpaired) electrons. The van der Waals surface area contributed by atoms with E-state index in [0.29, 0.717) is 18.1 Å². The van der Waals surface area contributed by atoms with Crippen molar-refractivity contribution < 1.29 is 13.5 Å². The third-order valence-electron chi connectivity index (χ3n) is 3.95. The molecule has 0 bridgehead atoms. The number of nitrogens with zero attached hydrogens (tertiary/aromatic N) is 2. The first-order chi connectivity index (χ1) is 13.6. The van der Waals surface area contributed by atoms with Gasteiger partial charge in [0.25, 0.3) is 0 Å². The lowest BCUT2D eigenvalue weighted by Gasteiger charge is -2.13. The summed E-state index contributed by atoms with van der Waals surface area (Å²) in [6, 6.07) is 10.9. The maximum Gasteiger partial charge on any atom is 0.160 e. The monoisotopic (exact) mass is 385 g/mol. The van der Waals surface area contributed by atoms with E-state index in [4.69, 9.17) is 10.5 Å². The van der Waals surface area contributed by atoms with Gasteiger partial charge in [-0.3, -0.25) is 0 Å². The lowest BCUT2D eigenvalue weighted by atomic mass is 10.2. The van der Waals surface area contributed by atoms with Gasteiger partial charge in [-0.2, -0.15) is 0 Å².